The van der Waals surface area contributed by atoms with E-state index in [-0.39, 0.29) is 53.6 Å². The summed E-state index contributed by atoms with van der Waals surface area (Å²) >= 11 is 1.64. The first-order valence-corrected chi connectivity index (χ1v) is 12.3. The number of nitro groups is 1. The highest BCUT2D eigenvalue weighted by molar-refractivity contribution is 7.99. The lowest BCUT2D eigenvalue weighted by Gasteiger charge is -2.39. The number of ketones is 1. The number of ether oxygens (including phenoxy) is 3. The monoisotopic (exact) mass is 488 g/mol. The summed E-state index contributed by atoms with van der Waals surface area (Å²) in [5, 5.41) is 15.3. The number of nitro benzene ring substituents is 1. The summed E-state index contributed by atoms with van der Waals surface area (Å²) in [6.45, 7) is 7.91. The molecule has 2 heterocycles. The van der Waals surface area contributed by atoms with E-state index in [0.29, 0.717) is 34.9 Å². The highest BCUT2D eigenvalue weighted by atomic mass is 32.2. The molecular formula is C24H28N2O7S. The second-order valence-electron chi connectivity index (χ2n) is 9.28. The molecular weight excluding hydrogens is 460 g/mol. The number of carbonyl (C=O) groups excluding carboxylic acids is 2. The van der Waals surface area contributed by atoms with Gasteiger partial charge in [-0.1, -0.05) is 20.8 Å². The van der Waals surface area contributed by atoms with E-state index in [4.69, 9.17) is 14.2 Å². The minimum absolute atomic E-state index is 0.0535. The van der Waals surface area contributed by atoms with Crippen LogP contribution in [0, 0.1) is 15.5 Å². The van der Waals surface area contributed by atoms with Gasteiger partial charge in [-0.05, 0) is 30.6 Å². The number of carbonyl (C=O) groups is 2. The zero-order valence-electron chi connectivity index (χ0n) is 19.7. The van der Waals surface area contributed by atoms with E-state index < -0.39 is 16.8 Å². The normalized spacial score (nSPS) is 20.7. The summed E-state index contributed by atoms with van der Waals surface area (Å²) in [5.41, 5.74) is 1.50. The number of rotatable bonds is 7. The van der Waals surface area contributed by atoms with E-state index in [9.17, 15) is 19.7 Å². The molecule has 0 saturated carbocycles. The van der Waals surface area contributed by atoms with E-state index in [1.54, 1.807) is 18.7 Å². The van der Waals surface area contributed by atoms with Crippen molar-refractivity contribution in [2.45, 2.75) is 46.5 Å². The topological polar surface area (TPSA) is 117 Å². The number of allylic oxidation sites excluding steroid dienone is 3. The molecule has 9 nitrogen and oxygen atoms in total. The third kappa shape index (κ3) is 4.51. The molecule has 2 aliphatic heterocycles. The van der Waals surface area contributed by atoms with Gasteiger partial charge in [-0.15, -0.1) is 0 Å². The van der Waals surface area contributed by atoms with E-state index in [0.717, 1.165) is 5.75 Å². The fourth-order valence-electron chi connectivity index (χ4n) is 4.77. The Morgan fingerprint density at radius 3 is 2.68 bits per heavy atom. The molecule has 0 bridgehead atoms. The maximum absolute atomic E-state index is 13.4. The van der Waals surface area contributed by atoms with E-state index in [1.807, 2.05) is 20.8 Å². The van der Waals surface area contributed by atoms with Gasteiger partial charge in [0.05, 0.1) is 22.5 Å². The zero-order chi connectivity index (χ0) is 24.6. The molecule has 0 saturated heterocycles. The van der Waals surface area contributed by atoms with Crippen LogP contribution < -0.4 is 14.8 Å². The van der Waals surface area contributed by atoms with Crippen LogP contribution in [-0.4, -0.2) is 41.6 Å². The highest BCUT2D eigenvalue weighted by Gasteiger charge is 2.45. The fourth-order valence-corrected chi connectivity index (χ4v) is 5.26. The molecule has 0 spiro atoms. The van der Waals surface area contributed by atoms with Crippen molar-refractivity contribution in [2.75, 3.05) is 24.9 Å². The average molecular weight is 489 g/mol. The van der Waals surface area contributed by atoms with E-state index in [1.165, 1.54) is 12.1 Å². The molecule has 0 radical (unpaired) electrons. The number of dihydropyridines is 1. The summed E-state index contributed by atoms with van der Waals surface area (Å²) in [7, 11) is 0. The van der Waals surface area contributed by atoms with Gasteiger partial charge in [-0.3, -0.25) is 14.9 Å². The number of benzene rings is 1. The van der Waals surface area contributed by atoms with Crippen LogP contribution in [0.25, 0.3) is 0 Å². The third-order valence-corrected chi connectivity index (χ3v) is 7.02. The minimum atomic E-state index is -0.943. The number of fused-ring (bicyclic) bond motifs is 1. The first kappa shape index (κ1) is 24.1. The summed E-state index contributed by atoms with van der Waals surface area (Å²) in [6.07, 6.45) is 0.854. The molecule has 1 atom stereocenters. The summed E-state index contributed by atoms with van der Waals surface area (Å²) < 4.78 is 16.4. The van der Waals surface area contributed by atoms with Crippen molar-refractivity contribution in [3.63, 3.8) is 0 Å². The van der Waals surface area contributed by atoms with Gasteiger partial charge in [-0.25, -0.2) is 4.79 Å². The van der Waals surface area contributed by atoms with Gasteiger partial charge in [0.25, 0.3) is 5.69 Å². The van der Waals surface area contributed by atoms with Crippen LogP contribution in [0.15, 0.2) is 34.7 Å². The Bertz CT molecular complexity index is 1120. The van der Waals surface area contributed by atoms with Crippen LogP contribution in [0.4, 0.5) is 5.69 Å². The van der Waals surface area contributed by atoms with Gasteiger partial charge in [-0.2, -0.15) is 11.8 Å². The second-order valence-corrected chi connectivity index (χ2v) is 10.7. The maximum atomic E-state index is 13.4. The standard InChI is InChI=1S/C24H28N2O7S/c1-5-34-7-6-31-23(28)20-13(2)25-15-10-24(3,4)11-17(27)22(15)21(20)14-8-18-19(33-12-32-18)9-16(14)26(29)30/h8-9,21,25H,5-7,10-12H2,1-4H3. The molecule has 4 rings (SSSR count). The van der Waals surface area contributed by atoms with Crippen LogP contribution in [0.2, 0.25) is 0 Å². The van der Waals surface area contributed by atoms with Gasteiger partial charge in [0.1, 0.15) is 6.61 Å². The van der Waals surface area contributed by atoms with Gasteiger partial charge in [0.15, 0.2) is 17.3 Å². The molecule has 0 fully saturated rings. The predicted molar refractivity (Wildman–Crippen MR) is 127 cm³/mol. The van der Waals surface area contributed by atoms with Crippen molar-refractivity contribution in [3.8, 4) is 11.5 Å². The lowest BCUT2D eigenvalue weighted by Crippen LogP contribution is -2.39. The van der Waals surface area contributed by atoms with Crippen LogP contribution in [0.3, 0.4) is 0 Å². The molecule has 1 aliphatic carbocycles. The SMILES string of the molecule is CCSCCOC(=O)C1=C(C)NC2=C(C(=O)CC(C)(C)C2)C1c1cc2c(cc1[N+](=O)[O-])OCO2. The van der Waals surface area contributed by atoms with Crippen molar-refractivity contribution < 1.29 is 28.7 Å². The number of nitrogens with one attached hydrogen (secondary N) is 1. The van der Waals surface area contributed by atoms with Crippen molar-refractivity contribution in [1.29, 1.82) is 0 Å². The Balaban J connectivity index is 1.86. The molecule has 182 valence electrons. The van der Waals surface area contributed by atoms with Crippen LogP contribution in [0.1, 0.15) is 52.0 Å². The Morgan fingerprint density at radius 1 is 1.29 bits per heavy atom. The summed E-state index contributed by atoms with van der Waals surface area (Å²) in [6, 6.07) is 2.81. The number of hydrogen-bond acceptors (Lipinski definition) is 9. The van der Waals surface area contributed by atoms with Crippen LogP contribution in [0.5, 0.6) is 11.5 Å². The van der Waals surface area contributed by atoms with Gasteiger partial charge in [0, 0.05) is 34.7 Å². The Hall–Kier alpha value is -3.01. The Kier molecular flexibility index (Phi) is 6.62. The largest absolute Gasteiger partial charge is 0.461 e. The minimum Gasteiger partial charge on any atom is -0.461 e. The molecule has 10 heteroatoms. The Morgan fingerprint density at radius 2 is 2.00 bits per heavy atom. The van der Waals surface area contributed by atoms with Gasteiger partial charge >= 0.3 is 5.97 Å². The molecule has 1 aromatic carbocycles. The van der Waals surface area contributed by atoms with Crippen LogP contribution in [-0.2, 0) is 14.3 Å². The lowest BCUT2D eigenvalue weighted by molar-refractivity contribution is -0.385. The zero-order valence-corrected chi connectivity index (χ0v) is 20.5. The number of nitrogens with zero attached hydrogens (tertiary/aromatic N) is 1. The molecule has 1 N–H and O–H groups in total. The first-order chi connectivity index (χ1) is 16.1. The van der Waals surface area contributed by atoms with Crippen molar-refractivity contribution >= 4 is 29.2 Å². The quantitative estimate of drug-likeness (QED) is 0.260. The maximum Gasteiger partial charge on any atom is 0.336 e. The van der Waals surface area contributed by atoms with Gasteiger partial charge < -0.3 is 19.5 Å². The Labute approximate surface area is 202 Å². The average Bonchev–Trinajstić information content (AvgIpc) is 3.21. The van der Waals surface area contributed by atoms with Crippen LogP contribution >= 0.6 is 11.8 Å². The molecule has 1 unspecified atom stereocenters. The molecule has 1 aromatic rings. The van der Waals surface area contributed by atoms with Crippen molar-refractivity contribution in [2.24, 2.45) is 5.41 Å². The lowest BCUT2D eigenvalue weighted by atomic mass is 9.68. The van der Waals surface area contributed by atoms with Gasteiger partial charge in [0.2, 0.25) is 6.79 Å². The number of hydrogen-bond donors (Lipinski definition) is 1. The number of esters is 1. The van der Waals surface area contributed by atoms with Crippen molar-refractivity contribution in [3.05, 3.63) is 50.4 Å². The van der Waals surface area contributed by atoms with E-state index in [2.05, 4.69) is 5.32 Å². The molecule has 0 amide bonds. The smallest absolute Gasteiger partial charge is 0.336 e. The predicted octanol–water partition coefficient (Wildman–Crippen LogP) is 4.22. The first-order valence-electron chi connectivity index (χ1n) is 11.2. The van der Waals surface area contributed by atoms with Crippen molar-refractivity contribution in [1.82, 2.24) is 5.32 Å². The molecule has 3 aliphatic rings. The molecule has 0 aromatic heterocycles. The second kappa shape index (κ2) is 9.32. The van der Waals surface area contributed by atoms with E-state index >= 15 is 0 Å². The number of thioether (sulfide) groups is 1. The summed E-state index contributed by atoms with van der Waals surface area (Å²) in [5.74, 6) is 0.454. The highest BCUT2D eigenvalue weighted by Crippen LogP contribution is 2.50. The summed E-state index contributed by atoms with van der Waals surface area (Å²) in [4.78, 5) is 38.3. The molecule has 34 heavy (non-hydrogen) atoms. The number of Topliss-reactive ketones (excluding diaryl/α,β-unsaturated/α-hetero) is 1. The third-order valence-electron chi connectivity index (χ3n) is 6.15. The fraction of sp³-hybridized carbons (Fsp3) is 0.500.